The first-order valence-electron chi connectivity index (χ1n) is 7.89. The number of hydrogen-bond acceptors (Lipinski definition) is 4. The number of hydrogen-bond donors (Lipinski definition) is 3. The van der Waals surface area contributed by atoms with E-state index in [1.807, 2.05) is 0 Å². The van der Waals surface area contributed by atoms with Gasteiger partial charge in [-0.25, -0.2) is 8.42 Å². The highest BCUT2D eigenvalue weighted by Gasteiger charge is 2.30. The third-order valence-electron chi connectivity index (χ3n) is 3.92. The number of aromatic hydroxyl groups is 2. The van der Waals surface area contributed by atoms with Crippen molar-refractivity contribution in [3.8, 4) is 22.6 Å². The van der Waals surface area contributed by atoms with Crippen molar-refractivity contribution in [1.29, 1.82) is 0 Å². The van der Waals surface area contributed by atoms with Crippen LogP contribution in [0.2, 0.25) is 0 Å². The average Bonchev–Trinajstić information content (AvgIpc) is 2.63. The number of nitrogens with one attached hydrogen (secondary N) is 1. The molecule has 0 unspecified atom stereocenters. The molecule has 3 aromatic rings. The zero-order valence-corrected chi connectivity index (χ0v) is 14.9. The van der Waals surface area contributed by atoms with Crippen molar-refractivity contribution in [3.63, 3.8) is 0 Å². The lowest BCUT2D eigenvalue weighted by Crippen LogP contribution is -2.13. The van der Waals surface area contributed by atoms with Crippen LogP contribution < -0.4 is 4.72 Å². The zero-order valence-electron chi connectivity index (χ0n) is 14.1. The van der Waals surface area contributed by atoms with Gasteiger partial charge in [0.2, 0.25) is 0 Å². The summed E-state index contributed by atoms with van der Waals surface area (Å²) in [5, 5.41) is 19.0. The summed E-state index contributed by atoms with van der Waals surface area (Å²) in [7, 11) is -4.10. The lowest BCUT2D eigenvalue weighted by atomic mass is 10.0. The number of benzene rings is 3. The second-order valence-corrected chi connectivity index (χ2v) is 7.59. The van der Waals surface area contributed by atoms with E-state index < -0.39 is 21.8 Å². The van der Waals surface area contributed by atoms with E-state index >= 15 is 0 Å². The van der Waals surface area contributed by atoms with Gasteiger partial charge in [0.1, 0.15) is 0 Å². The smallest absolute Gasteiger partial charge is 0.416 e. The molecule has 3 N–H and O–H groups in total. The molecule has 3 aromatic carbocycles. The van der Waals surface area contributed by atoms with E-state index in [-0.39, 0.29) is 22.1 Å². The van der Waals surface area contributed by atoms with Gasteiger partial charge in [-0.2, -0.15) is 13.2 Å². The quantitative estimate of drug-likeness (QED) is 0.551. The van der Waals surface area contributed by atoms with Crippen LogP contribution in [-0.2, 0) is 16.2 Å². The first-order valence-corrected chi connectivity index (χ1v) is 9.37. The van der Waals surface area contributed by atoms with E-state index in [9.17, 15) is 31.8 Å². The Labute approximate surface area is 158 Å². The minimum atomic E-state index is -4.56. The highest BCUT2D eigenvalue weighted by Crippen LogP contribution is 2.32. The fourth-order valence-electron chi connectivity index (χ4n) is 2.50. The van der Waals surface area contributed by atoms with Crippen LogP contribution in [0.5, 0.6) is 11.5 Å². The third-order valence-corrected chi connectivity index (χ3v) is 5.31. The van der Waals surface area contributed by atoms with Crippen LogP contribution in [0, 0.1) is 0 Å². The second-order valence-electron chi connectivity index (χ2n) is 5.91. The highest BCUT2D eigenvalue weighted by atomic mass is 32.2. The number of anilines is 1. The number of phenolic OH excluding ortho intramolecular Hbond substituents is 2. The Hall–Kier alpha value is -3.20. The molecule has 0 aromatic heterocycles. The predicted octanol–water partition coefficient (Wildman–Crippen LogP) is 4.58. The second kappa shape index (κ2) is 7.08. The summed E-state index contributed by atoms with van der Waals surface area (Å²) in [4.78, 5) is -0.312. The highest BCUT2D eigenvalue weighted by molar-refractivity contribution is 7.92. The summed E-state index contributed by atoms with van der Waals surface area (Å²) in [5.74, 6) is -0.615. The van der Waals surface area contributed by atoms with Crippen LogP contribution in [0.25, 0.3) is 11.1 Å². The molecule has 0 saturated carbocycles. The summed E-state index contributed by atoms with van der Waals surface area (Å²) in [6.45, 7) is 0. The van der Waals surface area contributed by atoms with Crippen LogP contribution in [0.4, 0.5) is 18.9 Å². The monoisotopic (exact) mass is 409 g/mol. The predicted molar refractivity (Wildman–Crippen MR) is 97.5 cm³/mol. The maximum Gasteiger partial charge on any atom is 0.416 e. The lowest BCUT2D eigenvalue weighted by molar-refractivity contribution is -0.137. The first kappa shape index (κ1) is 19.6. The molecule has 0 saturated heterocycles. The van der Waals surface area contributed by atoms with E-state index in [0.29, 0.717) is 23.3 Å². The van der Waals surface area contributed by atoms with Crippen LogP contribution in [0.1, 0.15) is 5.56 Å². The molecule has 0 heterocycles. The van der Waals surface area contributed by atoms with Crippen LogP contribution >= 0.6 is 0 Å². The normalized spacial score (nSPS) is 12.0. The molecule has 3 rings (SSSR count). The van der Waals surface area contributed by atoms with E-state index in [0.717, 1.165) is 12.1 Å². The van der Waals surface area contributed by atoms with Crippen molar-refractivity contribution in [2.45, 2.75) is 11.1 Å². The van der Waals surface area contributed by atoms with Crippen molar-refractivity contribution in [2.24, 2.45) is 0 Å². The Balaban J connectivity index is 1.87. The summed E-state index contributed by atoms with van der Waals surface area (Å²) >= 11 is 0. The van der Waals surface area contributed by atoms with Crippen LogP contribution in [-0.4, -0.2) is 18.6 Å². The Morgan fingerprint density at radius 2 is 1.43 bits per heavy atom. The Morgan fingerprint density at radius 1 is 0.786 bits per heavy atom. The SMILES string of the molecule is O=S(=O)(Nc1cccc(-c2ccc(O)c(O)c2)c1)c1ccc(C(F)(F)F)cc1. The average molecular weight is 409 g/mol. The molecule has 0 aliphatic carbocycles. The molecule has 0 aliphatic heterocycles. The zero-order chi connectivity index (χ0) is 20.5. The molecule has 0 amide bonds. The van der Waals surface area contributed by atoms with Gasteiger partial charge in [-0.3, -0.25) is 4.72 Å². The Morgan fingerprint density at radius 3 is 2.04 bits per heavy atom. The molecule has 0 bridgehead atoms. The molecular formula is C19H14F3NO4S. The number of alkyl halides is 3. The first-order chi connectivity index (χ1) is 13.1. The summed E-state index contributed by atoms with van der Waals surface area (Å²) in [5.41, 5.74) is 0.333. The maximum absolute atomic E-state index is 12.6. The van der Waals surface area contributed by atoms with Crippen molar-refractivity contribution in [3.05, 3.63) is 72.3 Å². The third kappa shape index (κ3) is 4.20. The van der Waals surface area contributed by atoms with Crippen LogP contribution in [0.15, 0.2) is 71.6 Å². The van der Waals surface area contributed by atoms with Gasteiger partial charge in [-0.1, -0.05) is 18.2 Å². The molecule has 146 valence electrons. The summed E-state index contributed by atoms with van der Waals surface area (Å²) < 4.78 is 65.1. The van der Waals surface area contributed by atoms with E-state index in [1.54, 1.807) is 18.2 Å². The summed E-state index contributed by atoms with van der Waals surface area (Å²) in [6, 6.07) is 13.5. The van der Waals surface area contributed by atoms with Gasteiger partial charge >= 0.3 is 6.18 Å². The number of sulfonamides is 1. The number of rotatable bonds is 4. The van der Waals surface area contributed by atoms with Crippen molar-refractivity contribution >= 4 is 15.7 Å². The van der Waals surface area contributed by atoms with E-state index in [2.05, 4.69) is 4.72 Å². The van der Waals surface area contributed by atoms with Gasteiger partial charge in [0, 0.05) is 5.69 Å². The van der Waals surface area contributed by atoms with Gasteiger partial charge in [-0.05, 0) is 59.7 Å². The largest absolute Gasteiger partial charge is 0.504 e. The standard InChI is InChI=1S/C19H14F3NO4S/c20-19(21,22)14-5-7-16(8-6-14)28(26,27)23-15-3-1-2-12(10-15)13-4-9-17(24)18(25)11-13/h1-11,23-25H. The molecule has 5 nitrogen and oxygen atoms in total. The van der Waals surface area contributed by atoms with Crippen LogP contribution in [0.3, 0.4) is 0 Å². The van der Waals surface area contributed by atoms with Crippen molar-refractivity contribution in [1.82, 2.24) is 0 Å². The molecular weight excluding hydrogens is 395 g/mol. The minimum absolute atomic E-state index is 0.185. The molecule has 0 fully saturated rings. The van der Waals surface area contributed by atoms with Crippen molar-refractivity contribution < 1.29 is 31.8 Å². The number of phenols is 2. The Bertz CT molecular complexity index is 1110. The summed E-state index contributed by atoms with van der Waals surface area (Å²) in [6.07, 6.45) is -4.56. The molecule has 28 heavy (non-hydrogen) atoms. The topological polar surface area (TPSA) is 86.6 Å². The van der Waals surface area contributed by atoms with Gasteiger partial charge in [0.15, 0.2) is 11.5 Å². The van der Waals surface area contributed by atoms with Gasteiger partial charge in [0.25, 0.3) is 10.0 Å². The number of halogens is 3. The van der Waals surface area contributed by atoms with Gasteiger partial charge in [0.05, 0.1) is 10.5 Å². The molecule has 0 aliphatic rings. The van der Waals surface area contributed by atoms with Gasteiger partial charge < -0.3 is 10.2 Å². The Kier molecular flexibility index (Phi) is 4.95. The molecule has 0 radical (unpaired) electrons. The maximum atomic E-state index is 12.6. The minimum Gasteiger partial charge on any atom is -0.504 e. The fourth-order valence-corrected chi connectivity index (χ4v) is 3.55. The van der Waals surface area contributed by atoms with Crippen molar-refractivity contribution in [2.75, 3.05) is 4.72 Å². The lowest BCUT2D eigenvalue weighted by Gasteiger charge is -2.11. The molecule has 0 atom stereocenters. The van der Waals surface area contributed by atoms with E-state index in [1.165, 1.54) is 24.3 Å². The fraction of sp³-hybridized carbons (Fsp3) is 0.0526. The van der Waals surface area contributed by atoms with E-state index in [4.69, 9.17) is 0 Å². The molecule has 9 heteroatoms. The van der Waals surface area contributed by atoms with Gasteiger partial charge in [-0.15, -0.1) is 0 Å². The molecule has 0 spiro atoms.